The third-order valence-electron chi connectivity index (χ3n) is 5.15. The second kappa shape index (κ2) is 9.70. The van der Waals surface area contributed by atoms with Gasteiger partial charge < -0.3 is 14.8 Å². The number of hydrogen-bond donors (Lipinski definition) is 3. The molecule has 8 nitrogen and oxygen atoms in total. The topological polar surface area (TPSA) is 126 Å². The Morgan fingerprint density at radius 3 is 2.41 bits per heavy atom. The van der Waals surface area contributed by atoms with Crippen LogP contribution in [-0.2, 0) is 19.6 Å². The van der Waals surface area contributed by atoms with Gasteiger partial charge >= 0.3 is 5.97 Å². The van der Waals surface area contributed by atoms with Crippen molar-refractivity contribution < 1.29 is 27.5 Å². The van der Waals surface area contributed by atoms with Crippen LogP contribution in [0, 0.1) is 5.92 Å². The normalized spacial score (nSPS) is 14.0. The molecule has 0 aliphatic rings. The number of aliphatic carboxylic acids is 1. The number of carbonyl (C=O) groups excluding carboxylic acids is 1. The Morgan fingerprint density at radius 1 is 1.03 bits per heavy atom. The van der Waals surface area contributed by atoms with E-state index < -0.39 is 22.0 Å². The maximum absolute atomic E-state index is 12.9. The molecule has 3 N–H and O–H groups in total. The minimum atomic E-state index is -4.13. The second-order valence-corrected chi connectivity index (χ2v) is 10.1. The summed E-state index contributed by atoms with van der Waals surface area (Å²) in [6.45, 7) is 5.97. The second-order valence-electron chi connectivity index (χ2n) is 8.41. The van der Waals surface area contributed by atoms with Crippen LogP contribution in [0.25, 0.3) is 21.9 Å². The Bertz CT molecular complexity index is 1230. The van der Waals surface area contributed by atoms with Crippen LogP contribution in [0.3, 0.4) is 0 Å². The number of nitrogens with one attached hydrogen (secondary N) is 2. The predicted molar refractivity (Wildman–Crippen MR) is 122 cm³/mol. The molecule has 0 spiro atoms. The Balaban J connectivity index is 1.73. The van der Waals surface area contributed by atoms with E-state index in [1.54, 1.807) is 12.1 Å². The van der Waals surface area contributed by atoms with E-state index >= 15 is 0 Å². The zero-order valence-corrected chi connectivity index (χ0v) is 19.1. The smallest absolute Gasteiger partial charge is 0.321 e. The molecule has 1 aromatic heterocycles. The third-order valence-corrected chi connectivity index (χ3v) is 6.62. The Labute approximate surface area is 187 Å². The summed E-state index contributed by atoms with van der Waals surface area (Å²) in [5, 5.41) is 13.7. The van der Waals surface area contributed by atoms with Gasteiger partial charge in [-0.3, -0.25) is 9.59 Å². The minimum Gasteiger partial charge on any atom is -0.480 e. The van der Waals surface area contributed by atoms with Gasteiger partial charge in [-0.2, -0.15) is 4.72 Å². The van der Waals surface area contributed by atoms with Gasteiger partial charge in [0.25, 0.3) is 0 Å². The summed E-state index contributed by atoms with van der Waals surface area (Å²) in [5.74, 6) is -1.24. The zero-order chi connectivity index (χ0) is 23.5. The largest absolute Gasteiger partial charge is 0.480 e. The average Bonchev–Trinajstić information content (AvgIpc) is 3.08. The molecule has 2 aromatic carbocycles. The zero-order valence-electron chi connectivity index (χ0n) is 18.3. The van der Waals surface area contributed by atoms with Crippen molar-refractivity contribution in [2.45, 2.75) is 57.0 Å². The molecule has 1 amide bonds. The first-order chi connectivity index (χ1) is 15.1. The van der Waals surface area contributed by atoms with Crippen LogP contribution >= 0.6 is 0 Å². The fourth-order valence-corrected chi connectivity index (χ4v) is 5.00. The van der Waals surface area contributed by atoms with Gasteiger partial charge in [0.1, 0.15) is 17.2 Å². The van der Waals surface area contributed by atoms with E-state index in [0.717, 1.165) is 11.8 Å². The number of sulfonamides is 1. The van der Waals surface area contributed by atoms with Crippen molar-refractivity contribution in [2.24, 2.45) is 5.92 Å². The molecule has 172 valence electrons. The van der Waals surface area contributed by atoms with Gasteiger partial charge in [0.2, 0.25) is 15.9 Å². The fraction of sp³-hybridized carbons (Fsp3) is 0.391. The highest BCUT2D eigenvalue weighted by Gasteiger charge is 2.27. The number of carboxylic acids is 1. The number of fused-ring (bicyclic) bond motifs is 3. The Morgan fingerprint density at radius 2 is 1.72 bits per heavy atom. The summed E-state index contributed by atoms with van der Waals surface area (Å²) in [7, 11) is -4.13. The van der Waals surface area contributed by atoms with Crippen LogP contribution in [0.5, 0.6) is 0 Å². The maximum Gasteiger partial charge on any atom is 0.321 e. The van der Waals surface area contributed by atoms with Crippen LogP contribution < -0.4 is 10.0 Å². The number of rotatable bonds is 10. The molecule has 0 aliphatic heterocycles. The van der Waals surface area contributed by atoms with Crippen LogP contribution in [0.1, 0.15) is 40.0 Å². The van der Waals surface area contributed by atoms with Crippen molar-refractivity contribution in [3.63, 3.8) is 0 Å². The van der Waals surface area contributed by atoms with Crippen molar-refractivity contribution >= 4 is 43.8 Å². The molecule has 1 heterocycles. The molecule has 3 aromatic rings. The molecule has 0 aliphatic carbocycles. The number of para-hydroxylation sites is 1. The first-order valence-electron chi connectivity index (χ1n) is 10.5. The Hall–Kier alpha value is -2.91. The fourth-order valence-electron chi connectivity index (χ4n) is 3.75. The summed E-state index contributed by atoms with van der Waals surface area (Å²) >= 11 is 0. The van der Waals surface area contributed by atoms with E-state index in [4.69, 9.17) is 4.42 Å². The van der Waals surface area contributed by atoms with Crippen LogP contribution in [0.15, 0.2) is 51.8 Å². The molecular formula is C23H28N2O6S. The van der Waals surface area contributed by atoms with Gasteiger partial charge in [-0.25, -0.2) is 8.42 Å². The maximum atomic E-state index is 12.9. The molecule has 32 heavy (non-hydrogen) atoms. The van der Waals surface area contributed by atoms with E-state index in [9.17, 15) is 23.1 Å². The number of benzene rings is 2. The predicted octanol–water partition coefficient (Wildman–Crippen LogP) is 3.65. The summed E-state index contributed by atoms with van der Waals surface area (Å²) in [6, 6.07) is 10.2. The number of amides is 1. The lowest BCUT2D eigenvalue weighted by atomic mass is 10.0. The van der Waals surface area contributed by atoms with Crippen molar-refractivity contribution in [3.05, 3.63) is 42.5 Å². The molecule has 0 fully saturated rings. The SMILES string of the molecule is CC(C)CC(C)NC(=O)CCC(NS(=O)(=O)c1ccc2oc3ccccc3c2c1)C(=O)O. The van der Waals surface area contributed by atoms with Gasteiger partial charge in [0.15, 0.2) is 0 Å². The van der Waals surface area contributed by atoms with Crippen LogP contribution in [0.2, 0.25) is 0 Å². The third kappa shape index (κ3) is 5.66. The van der Waals surface area contributed by atoms with Gasteiger partial charge in [0.05, 0.1) is 4.90 Å². The van der Waals surface area contributed by atoms with E-state index in [0.29, 0.717) is 22.5 Å². The lowest BCUT2D eigenvalue weighted by Crippen LogP contribution is -2.42. The summed E-state index contributed by atoms with van der Waals surface area (Å²) in [4.78, 5) is 23.7. The van der Waals surface area contributed by atoms with Crippen molar-refractivity contribution in [3.8, 4) is 0 Å². The summed E-state index contributed by atoms with van der Waals surface area (Å²) in [5.41, 5.74) is 1.17. The van der Waals surface area contributed by atoms with Crippen molar-refractivity contribution in [2.75, 3.05) is 0 Å². The molecular weight excluding hydrogens is 432 g/mol. The number of furan rings is 1. The molecule has 9 heteroatoms. The van der Waals surface area contributed by atoms with Crippen LogP contribution in [0.4, 0.5) is 0 Å². The van der Waals surface area contributed by atoms with Gasteiger partial charge in [-0.05, 0) is 49.9 Å². The van der Waals surface area contributed by atoms with Gasteiger partial charge in [0, 0.05) is 23.2 Å². The molecule has 2 atom stereocenters. The molecule has 3 rings (SSSR count). The highest BCUT2D eigenvalue weighted by Crippen LogP contribution is 2.30. The lowest BCUT2D eigenvalue weighted by molar-refractivity contribution is -0.139. The van der Waals surface area contributed by atoms with E-state index in [1.807, 2.05) is 39.0 Å². The van der Waals surface area contributed by atoms with Crippen LogP contribution in [-0.4, -0.2) is 37.5 Å². The molecule has 2 unspecified atom stereocenters. The molecule has 0 bridgehead atoms. The van der Waals surface area contributed by atoms with Crippen molar-refractivity contribution in [1.82, 2.24) is 10.0 Å². The van der Waals surface area contributed by atoms with Gasteiger partial charge in [-0.1, -0.05) is 32.0 Å². The number of carbonyl (C=O) groups is 2. The number of carboxylic acid groups (broad SMARTS) is 1. The van der Waals surface area contributed by atoms with Crippen molar-refractivity contribution in [1.29, 1.82) is 0 Å². The Kier molecular flexibility index (Phi) is 7.20. The first kappa shape index (κ1) is 23.7. The number of hydrogen-bond acceptors (Lipinski definition) is 5. The standard InChI is InChI=1S/C23H28N2O6S/c1-14(2)12-15(3)24-22(26)11-9-19(23(27)28)25-32(29,30)16-8-10-21-18(13-16)17-6-4-5-7-20(17)31-21/h4-8,10,13-15,19,25H,9,11-12H2,1-3H3,(H,24,26)(H,27,28). The highest BCUT2D eigenvalue weighted by molar-refractivity contribution is 7.89. The monoisotopic (exact) mass is 460 g/mol. The molecule has 0 saturated carbocycles. The summed E-state index contributed by atoms with van der Waals surface area (Å²) < 4.78 is 33.7. The lowest BCUT2D eigenvalue weighted by Gasteiger charge is -2.18. The van der Waals surface area contributed by atoms with E-state index in [1.165, 1.54) is 12.1 Å². The van der Waals surface area contributed by atoms with E-state index in [2.05, 4.69) is 10.0 Å². The minimum absolute atomic E-state index is 0.0426. The van der Waals surface area contributed by atoms with Gasteiger partial charge in [-0.15, -0.1) is 0 Å². The highest BCUT2D eigenvalue weighted by atomic mass is 32.2. The van der Waals surface area contributed by atoms with E-state index in [-0.39, 0.29) is 29.7 Å². The average molecular weight is 461 g/mol. The summed E-state index contributed by atoms with van der Waals surface area (Å²) in [6.07, 6.45) is 0.533. The molecule has 0 radical (unpaired) electrons. The molecule has 0 saturated heterocycles. The first-order valence-corrected chi connectivity index (χ1v) is 12.0. The quantitative estimate of drug-likeness (QED) is 0.424.